The van der Waals surface area contributed by atoms with Crippen LogP contribution in [0.2, 0.25) is 0 Å². The smallest absolute Gasteiger partial charge is 0.0644 e. The predicted molar refractivity (Wildman–Crippen MR) is 74.3 cm³/mol. The van der Waals surface area contributed by atoms with Crippen molar-refractivity contribution in [2.45, 2.75) is 44.4 Å². The summed E-state index contributed by atoms with van der Waals surface area (Å²) in [4.78, 5) is 0. The Bertz CT molecular complexity index is 377. The molecule has 0 radical (unpaired) electrons. The Kier molecular flexibility index (Phi) is 4.05. The van der Waals surface area contributed by atoms with Crippen molar-refractivity contribution in [3.8, 4) is 0 Å². The largest absolute Gasteiger partial charge is 0.375 e. The topological polar surface area (TPSA) is 47.3 Å². The van der Waals surface area contributed by atoms with E-state index < -0.39 is 0 Å². The highest BCUT2D eigenvalue weighted by Gasteiger charge is 2.39. The van der Waals surface area contributed by atoms with Crippen LogP contribution in [0.15, 0.2) is 30.3 Å². The van der Waals surface area contributed by atoms with Gasteiger partial charge in [0.05, 0.1) is 5.60 Å². The van der Waals surface area contributed by atoms with Gasteiger partial charge in [-0.2, -0.15) is 0 Å². The van der Waals surface area contributed by atoms with Crippen LogP contribution in [-0.4, -0.2) is 24.3 Å². The van der Waals surface area contributed by atoms with Crippen LogP contribution in [0.3, 0.4) is 0 Å². The highest BCUT2D eigenvalue weighted by molar-refractivity contribution is 5.15. The molecule has 0 bridgehead atoms. The van der Waals surface area contributed by atoms with E-state index in [-0.39, 0.29) is 11.1 Å². The van der Waals surface area contributed by atoms with Gasteiger partial charge in [-0.3, -0.25) is 0 Å². The number of rotatable bonds is 4. The van der Waals surface area contributed by atoms with E-state index in [4.69, 9.17) is 10.5 Å². The van der Waals surface area contributed by atoms with Crippen molar-refractivity contribution < 1.29 is 4.74 Å². The van der Waals surface area contributed by atoms with Crippen LogP contribution in [0, 0.1) is 0 Å². The fourth-order valence-electron chi connectivity index (χ4n) is 2.76. The van der Waals surface area contributed by atoms with Gasteiger partial charge in [0.15, 0.2) is 0 Å². The summed E-state index contributed by atoms with van der Waals surface area (Å²) >= 11 is 0. The minimum Gasteiger partial charge on any atom is -0.375 e. The Morgan fingerprint density at radius 1 is 1.28 bits per heavy atom. The van der Waals surface area contributed by atoms with Crippen LogP contribution in [0.25, 0.3) is 0 Å². The molecular weight excluding hydrogens is 224 g/mol. The average molecular weight is 248 g/mol. The average Bonchev–Trinajstić information content (AvgIpc) is 2.37. The molecule has 0 saturated carbocycles. The molecule has 3 N–H and O–H groups in total. The van der Waals surface area contributed by atoms with Crippen LogP contribution in [0.1, 0.15) is 32.3 Å². The molecule has 0 spiro atoms. The lowest BCUT2D eigenvalue weighted by Crippen LogP contribution is -2.58. The quantitative estimate of drug-likeness (QED) is 0.857. The van der Waals surface area contributed by atoms with E-state index in [9.17, 15) is 0 Å². The SMILES string of the molecule is CC1(C)CC(CN)(NCc2ccccc2)CCO1. The summed E-state index contributed by atoms with van der Waals surface area (Å²) in [5, 5.41) is 3.65. The first-order chi connectivity index (χ1) is 8.55. The molecule has 0 aromatic heterocycles. The van der Waals surface area contributed by atoms with Crippen LogP contribution >= 0.6 is 0 Å². The molecule has 1 aliphatic heterocycles. The number of ether oxygens (including phenoxy) is 1. The summed E-state index contributed by atoms with van der Waals surface area (Å²) in [5.74, 6) is 0. The van der Waals surface area contributed by atoms with Crippen LogP contribution < -0.4 is 11.1 Å². The molecule has 3 nitrogen and oxygen atoms in total. The van der Waals surface area contributed by atoms with E-state index in [0.717, 1.165) is 26.0 Å². The second-order valence-electron chi connectivity index (χ2n) is 5.86. The Morgan fingerprint density at radius 2 is 2.00 bits per heavy atom. The van der Waals surface area contributed by atoms with Crippen LogP contribution in [-0.2, 0) is 11.3 Å². The maximum Gasteiger partial charge on any atom is 0.0644 e. The van der Waals surface area contributed by atoms with Crippen molar-refractivity contribution in [3.63, 3.8) is 0 Å². The van der Waals surface area contributed by atoms with Gasteiger partial charge in [-0.15, -0.1) is 0 Å². The monoisotopic (exact) mass is 248 g/mol. The first kappa shape index (κ1) is 13.5. The molecular formula is C15H24N2O. The molecule has 1 saturated heterocycles. The summed E-state index contributed by atoms with van der Waals surface area (Å²) in [6.45, 7) is 6.59. The molecule has 1 aromatic carbocycles. The molecule has 2 rings (SSSR count). The highest BCUT2D eigenvalue weighted by atomic mass is 16.5. The molecule has 0 amide bonds. The summed E-state index contributed by atoms with van der Waals surface area (Å²) in [6.07, 6.45) is 1.95. The van der Waals surface area contributed by atoms with Crippen molar-refractivity contribution in [1.82, 2.24) is 5.32 Å². The zero-order valence-electron chi connectivity index (χ0n) is 11.4. The van der Waals surface area contributed by atoms with Crippen molar-refractivity contribution in [2.24, 2.45) is 5.73 Å². The van der Waals surface area contributed by atoms with Gasteiger partial charge in [-0.25, -0.2) is 0 Å². The lowest BCUT2D eigenvalue weighted by atomic mass is 9.81. The standard InChI is InChI=1S/C15H24N2O/c1-14(2)11-15(12-16,8-9-18-14)17-10-13-6-4-3-5-7-13/h3-7,17H,8-12,16H2,1-2H3. The first-order valence-electron chi connectivity index (χ1n) is 6.68. The Balaban J connectivity index is 2.00. The van der Waals surface area contributed by atoms with E-state index >= 15 is 0 Å². The molecule has 1 fully saturated rings. The predicted octanol–water partition coefficient (Wildman–Crippen LogP) is 2.06. The third kappa shape index (κ3) is 3.31. The fourth-order valence-corrected chi connectivity index (χ4v) is 2.76. The summed E-state index contributed by atoms with van der Waals surface area (Å²) < 4.78 is 5.78. The van der Waals surface area contributed by atoms with E-state index in [1.807, 2.05) is 6.07 Å². The van der Waals surface area contributed by atoms with Gasteiger partial charge in [-0.05, 0) is 32.3 Å². The Labute approximate surface area is 110 Å². The lowest BCUT2D eigenvalue weighted by molar-refractivity contribution is -0.0861. The molecule has 1 atom stereocenters. The van der Waals surface area contributed by atoms with E-state index in [1.165, 1.54) is 5.56 Å². The molecule has 0 aliphatic carbocycles. The van der Waals surface area contributed by atoms with Gasteiger partial charge < -0.3 is 15.8 Å². The second-order valence-corrected chi connectivity index (χ2v) is 5.86. The van der Waals surface area contributed by atoms with Crippen LogP contribution in [0.5, 0.6) is 0 Å². The Morgan fingerprint density at radius 3 is 2.61 bits per heavy atom. The van der Waals surface area contributed by atoms with Gasteiger partial charge in [0.2, 0.25) is 0 Å². The molecule has 1 aliphatic rings. The third-order valence-corrected chi connectivity index (χ3v) is 3.74. The van der Waals surface area contributed by atoms with Crippen LogP contribution in [0.4, 0.5) is 0 Å². The fraction of sp³-hybridized carbons (Fsp3) is 0.600. The van der Waals surface area contributed by atoms with Crippen molar-refractivity contribution >= 4 is 0 Å². The van der Waals surface area contributed by atoms with Gasteiger partial charge in [0.1, 0.15) is 0 Å². The number of benzene rings is 1. The van der Waals surface area contributed by atoms with E-state index in [0.29, 0.717) is 6.54 Å². The van der Waals surface area contributed by atoms with Gasteiger partial charge in [0, 0.05) is 25.2 Å². The van der Waals surface area contributed by atoms with Crippen molar-refractivity contribution in [3.05, 3.63) is 35.9 Å². The van der Waals surface area contributed by atoms with Gasteiger partial charge in [0.25, 0.3) is 0 Å². The minimum atomic E-state index is -0.0820. The zero-order valence-corrected chi connectivity index (χ0v) is 11.4. The number of hydrogen-bond donors (Lipinski definition) is 2. The molecule has 1 unspecified atom stereocenters. The highest BCUT2D eigenvalue weighted by Crippen LogP contribution is 2.31. The summed E-state index contributed by atoms with van der Waals surface area (Å²) in [5.41, 5.74) is 7.24. The molecule has 100 valence electrons. The van der Waals surface area contributed by atoms with E-state index in [1.54, 1.807) is 0 Å². The lowest BCUT2D eigenvalue weighted by Gasteiger charge is -2.45. The van der Waals surface area contributed by atoms with Gasteiger partial charge in [-0.1, -0.05) is 30.3 Å². The molecule has 18 heavy (non-hydrogen) atoms. The van der Waals surface area contributed by atoms with Crippen molar-refractivity contribution in [1.29, 1.82) is 0 Å². The number of nitrogens with one attached hydrogen (secondary N) is 1. The second kappa shape index (κ2) is 5.39. The van der Waals surface area contributed by atoms with Gasteiger partial charge >= 0.3 is 0 Å². The number of hydrogen-bond acceptors (Lipinski definition) is 3. The molecule has 1 aromatic rings. The number of nitrogens with two attached hydrogens (primary N) is 1. The summed E-state index contributed by atoms with van der Waals surface area (Å²) in [6, 6.07) is 10.5. The van der Waals surface area contributed by atoms with E-state index in [2.05, 4.69) is 43.4 Å². The minimum absolute atomic E-state index is 0.0115. The zero-order chi connectivity index (χ0) is 13.1. The third-order valence-electron chi connectivity index (χ3n) is 3.74. The first-order valence-corrected chi connectivity index (χ1v) is 6.68. The normalized spacial score (nSPS) is 27.1. The van der Waals surface area contributed by atoms with Crippen molar-refractivity contribution in [2.75, 3.05) is 13.2 Å². The maximum atomic E-state index is 6.01. The molecule has 3 heteroatoms. The molecule has 1 heterocycles. The Hall–Kier alpha value is -0.900. The summed E-state index contributed by atoms with van der Waals surface area (Å²) in [7, 11) is 0. The maximum absolute atomic E-state index is 6.01.